The fourth-order valence-electron chi connectivity index (χ4n) is 2.69. The summed E-state index contributed by atoms with van der Waals surface area (Å²) in [6, 6.07) is -0.240. The van der Waals surface area contributed by atoms with Crippen molar-refractivity contribution in [1.82, 2.24) is 10.2 Å². The average molecular weight is 325 g/mol. The van der Waals surface area contributed by atoms with Crippen molar-refractivity contribution in [3.05, 3.63) is 0 Å². The van der Waals surface area contributed by atoms with Crippen LogP contribution in [0, 0.1) is 16.7 Å². The molecule has 1 N–H and O–H groups in total. The van der Waals surface area contributed by atoms with Gasteiger partial charge in [0.2, 0.25) is 5.91 Å². The highest BCUT2D eigenvalue weighted by molar-refractivity contribution is 5.90. The van der Waals surface area contributed by atoms with Crippen LogP contribution in [-0.4, -0.2) is 54.7 Å². The first-order valence-electron chi connectivity index (χ1n) is 7.22. The van der Waals surface area contributed by atoms with E-state index in [4.69, 9.17) is 9.47 Å². The van der Waals surface area contributed by atoms with E-state index < -0.39 is 41.1 Å². The van der Waals surface area contributed by atoms with Crippen molar-refractivity contribution in [3.63, 3.8) is 0 Å². The zero-order chi connectivity index (χ0) is 18.0. The smallest absolute Gasteiger partial charge is 0.412 e. The van der Waals surface area contributed by atoms with Crippen molar-refractivity contribution < 1.29 is 23.9 Å². The van der Waals surface area contributed by atoms with Gasteiger partial charge in [0, 0.05) is 7.05 Å². The Balaban J connectivity index is 3.30. The second-order valence-electron chi connectivity index (χ2n) is 6.66. The number of nitrogens with zero attached hydrogens (tertiary/aromatic N) is 2. The highest BCUT2D eigenvalue weighted by atomic mass is 16.6. The molecule has 128 valence electrons. The molecule has 1 aliphatic heterocycles. The molecule has 1 saturated heterocycles. The van der Waals surface area contributed by atoms with Crippen LogP contribution in [0.15, 0.2) is 0 Å². The fourth-order valence-corrected chi connectivity index (χ4v) is 2.69. The second-order valence-corrected chi connectivity index (χ2v) is 6.66. The lowest BCUT2D eigenvalue weighted by molar-refractivity contribution is -0.146. The summed E-state index contributed by atoms with van der Waals surface area (Å²) in [4.78, 5) is 37.7. The first-order valence-corrected chi connectivity index (χ1v) is 7.22. The van der Waals surface area contributed by atoms with Gasteiger partial charge in [-0.1, -0.05) is 0 Å². The third-order valence-electron chi connectivity index (χ3n) is 3.78. The van der Waals surface area contributed by atoms with Gasteiger partial charge in [-0.15, -0.1) is 0 Å². The number of ether oxygens (including phenoxy) is 2. The Morgan fingerprint density at radius 2 is 1.91 bits per heavy atom. The van der Waals surface area contributed by atoms with Crippen molar-refractivity contribution in [2.24, 2.45) is 5.41 Å². The largest absolute Gasteiger partial charge is 0.467 e. The van der Waals surface area contributed by atoms with E-state index in [0.29, 0.717) is 0 Å². The monoisotopic (exact) mass is 325 g/mol. The standard InChI is InChI=1S/C15H23N3O5/c1-14(2,3)23-13(21)18-9(11(19)22-6)7-15(4,10(18)8-16)12(20)17-5/h9-10H,7H2,1-6H3,(H,17,20)/t9-,10?,15+/m0/s1. The zero-order valence-corrected chi connectivity index (χ0v) is 14.3. The maximum atomic E-state index is 12.5. The van der Waals surface area contributed by atoms with Crippen LogP contribution in [0.1, 0.15) is 34.1 Å². The zero-order valence-electron chi connectivity index (χ0n) is 14.3. The summed E-state index contributed by atoms with van der Waals surface area (Å²) in [6.45, 7) is 6.56. The molecule has 1 fully saturated rings. The van der Waals surface area contributed by atoms with Gasteiger partial charge >= 0.3 is 12.1 Å². The fraction of sp³-hybridized carbons (Fsp3) is 0.733. The van der Waals surface area contributed by atoms with Crippen LogP contribution in [0.25, 0.3) is 0 Å². The molecule has 1 heterocycles. The molecule has 3 atom stereocenters. The summed E-state index contributed by atoms with van der Waals surface area (Å²) in [7, 11) is 2.62. The number of amides is 2. The molecule has 1 unspecified atom stereocenters. The Labute approximate surface area is 135 Å². The van der Waals surface area contributed by atoms with Gasteiger partial charge < -0.3 is 14.8 Å². The third-order valence-corrected chi connectivity index (χ3v) is 3.78. The highest BCUT2D eigenvalue weighted by Crippen LogP contribution is 2.42. The number of likely N-dealkylation sites (tertiary alicyclic amines) is 1. The minimum atomic E-state index is -1.24. The van der Waals surface area contributed by atoms with Crippen molar-refractivity contribution in [3.8, 4) is 6.07 Å². The second kappa shape index (κ2) is 6.44. The number of esters is 1. The van der Waals surface area contributed by atoms with Crippen LogP contribution in [0.4, 0.5) is 4.79 Å². The Hall–Kier alpha value is -2.30. The summed E-state index contributed by atoms with van der Waals surface area (Å²) in [5, 5.41) is 12.0. The van der Waals surface area contributed by atoms with Crippen LogP contribution in [-0.2, 0) is 19.1 Å². The topological polar surface area (TPSA) is 109 Å². The van der Waals surface area contributed by atoms with Gasteiger partial charge in [-0.25, -0.2) is 9.59 Å². The Bertz CT molecular complexity index is 548. The Kier molecular flexibility index (Phi) is 5.25. The number of carbonyl (C=O) groups excluding carboxylic acids is 3. The van der Waals surface area contributed by atoms with Crippen molar-refractivity contribution >= 4 is 18.0 Å². The highest BCUT2D eigenvalue weighted by Gasteiger charge is 2.59. The van der Waals surface area contributed by atoms with Crippen LogP contribution in [0.5, 0.6) is 0 Å². The Morgan fingerprint density at radius 1 is 1.35 bits per heavy atom. The van der Waals surface area contributed by atoms with E-state index >= 15 is 0 Å². The van der Waals surface area contributed by atoms with Gasteiger partial charge in [0.1, 0.15) is 17.7 Å². The molecule has 1 rings (SSSR count). The summed E-state index contributed by atoms with van der Waals surface area (Å²) >= 11 is 0. The van der Waals surface area contributed by atoms with E-state index in [1.165, 1.54) is 14.2 Å². The van der Waals surface area contributed by atoms with E-state index in [1.807, 2.05) is 6.07 Å². The Morgan fingerprint density at radius 3 is 2.30 bits per heavy atom. The number of nitriles is 1. The summed E-state index contributed by atoms with van der Waals surface area (Å²) < 4.78 is 10.00. The lowest BCUT2D eigenvalue weighted by Crippen LogP contribution is -2.51. The van der Waals surface area contributed by atoms with Crippen LogP contribution >= 0.6 is 0 Å². The molecule has 8 nitrogen and oxygen atoms in total. The predicted octanol–water partition coefficient (Wildman–Crippen LogP) is 0.813. The maximum Gasteiger partial charge on any atom is 0.412 e. The SMILES string of the molecule is CNC(=O)[C@]1(C)C[C@@H](C(=O)OC)N(C(=O)OC(C)(C)C)C1C#N. The van der Waals surface area contributed by atoms with Crippen molar-refractivity contribution in [1.29, 1.82) is 5.26 Å². The van der Waals surface area contributed by atoms with Gasteiger partial charge in [-0.05, 0) is 34.1 Å². The van der Waals surface area contributed by atoms with Gasteiger partial charge in [0.05, 0.1) is 18.6 Å². The van der Waals surface area contributed by atoms with Crippen LogP contribution < -0.4 is 5.32 Å². The van der Waals surface area contributed by atoms with Crippen molar-refractivity contribution in [2.45, 2.75) is 51.8 Å². The van der Waals surface area contributed by atoms with E-state index in [9.17, 15) is 19.6 Å². The van der Waals surface area contributed by atoms with E-state index in [-0.39, 0.29) is 6.42 Å². The molecule has 0 radical (unpaired) electrons. The normalized spacial score (nSPS) is 27.1. The maximum absolute atomic E-state index is 12.5. The van der Waals surface area contributed by atoms with Crippen LogP contribution in [0.2, 0.25) is 0 Å². The molecule has 2 amide bonds. The van der Waals surface area contributed by atoms with Crippen LogP contribution in [0.3, 0.4) is 0 Å². The average Bonchev–Trinajstić information content (AvgIpc) is 2.77. The van der Waals surface area contributed by atoms with Gasteiger partial charge in [-0.2, -0.15) is 5.26 Å². The molecule has 8 heteroatoms. The number of hydrogen-bond acceptors (Lipinski definition) is 6. The van der Waals surface area contributed by atoms with Gasteiger partial charge in [0.25, 0.3) is 0 Å². The van der Waals surface area contributed by atoms with Gasteiger partial charge in [-0.3, -0.25) is 9.69 Å². The summed E-state index contributed by atoms with van der Waals surface area (Å²) in [5.74, 6) is -1.12. The number of hydrogen-bond donors (Lipinski definition) is 1. The minimum Gasteiger partial charge on any atom is -0.467 e. The number of rotatable bonds is 2. The third kappa shape index (κ3) is 3.55. The number of nitrogens with one attached hydrogen (secondary N) is 1. The van der Waals surface area contributed by atoms with E-state index in [2.05, 4.69) is 5.32 Å². The molecule has 0 aromatic rings. The molecule has 0 aromatic carbocycles. The molecule has 0 spiro atoms. The summed E-state index contributed by atoms with van der Waals surface area (Å²) in [6.07, 6.45) is -0.844. The molecule has 0 saturated carbocycles. The first-order chi connectivity index (χ1) is 10.5. The van der Waals surface area contributed by atoms with E-state index in [1.54, 1.807) is 27.7 Å². The predicted molar refractivity (Wildman–Crippen MR) is 80.1 cm³/mol. The molecule has 0 bridgehead atoms. The van der Waals surface area contributed by atoms with E-state index in [0.717, 1.165) is 4.90 Å². The lowest BCUT2D eigenvalue weighted by Gasteiger charge is -2.31. The molecule has 1 aliphatic rings. The molecule has 0 aliphatic carbocycles. The molecule has 0 aromatic heterocycles. The quantitative estimate of drug-likeness (QED) is 0.753. The number of carbonyl (C=O) groups is 3. The summed E-state index contributed by atoms with van der Waals surface area (Å²) in [5.41, 5.74) is -2.04. The lowest BCUT2D eigenvalue weighted by atomic mass is 9.81. The molecule has 23 heavy (non-hydrogen) atoms. The molecular weight excluding hydrogens is 302 g/mol. The minimum absolute atomic E-state index is 0.0170. The first kappa shape index (κ1) is 18.7. The van der Waals surface area contributed by atoms with Gasteiger partial charge in [0.15, 0.2) is 0 Å². The van der Waals surface area contributed by atoms with Crippen molar-refractivity contribution in [2.75, 3.05) is 14.2 Å². The molecular formula is C15H23N3O5. The number of methoxy groups -OCH3 is 1.